The monoisotopic (exact) mass is 579 g/mol. The molecule has 3 aromatic carbocycles. The zero-order valence-corrected chi connectivity index (χ0v) is 21.8. The summed E-state index contributed by atoms with van der Waals surface area (Å²) in [5.41, 5.74) is 0.466. The third kappa shape index (κ3) is 5.92. The normalized spacial score (nSPS) is 11.2. The third-order valence-corrected chi connectivity index (χ3v) is 6.16. The van der Waals surface area contributed by atoms with Crippen molar-refractivity contribution in [1.82, 2.24) is 9.66 Å². The van der Waals surface area contributed by atoms with Crippen molar-refractivity contribution in [3.63, 3.8) is 0 Å². The minimum Gasteiger partial charge on any atom is -0.481 e. The molecule has 0 atom stereocenters. The number of benzene rings is 3. The van der Waals surface area contributed by atoms with Gasteiger partial charge in [-0.1, -0.05) is 47.5 Å². The number of aryl methyl sites for hydroxylation is 1. The second kappa shape index (κ2) is 11.7. The van der Waals surface area contributed by atoms with E-state index in [2.05, 4.69) is 26.0 Å². The number of nitro groups is 2. The highest BCUT2D eigenvalue weighted by Gasteiger charge is 2.19. The van der Waals surface area contributed by atoms with Gasteiger partial charge in [0.2, 0.25) is 5.75 Å². The number of hydrogen-bond acceptors (Lipinski definition) is 8. The first-order chi connectivity index (χ1) is 18.3. The Morgan fingerprint density at radius 3 is 2.61 bits per heavy atom. The zero-order valence-electron chi connectivity index (χ0n) is 20.2. The molecule has 11 nitrogen and oxygen atoms in total. The van der Waals surface area contributed by atoms with Gasteiger partial charge < -0.3 is 4.74 Å². The molecule has 12 heteroatoms. The second-order valence-electron chi connectivity index (χ2n) is 8.32. The number of ether oxygens (including phenoxy) is 1. The molecular weight excluding hydrogens is 558 g/mol. The average Bonchev–Trinajstić information content (AvgIpc) is 2.90. The SMILES string of the molecule is CCCCc1nc2ccc(Br)cc2c(=O)n1N=Cc1cccc([N+](=O)[O-])c1OCc1cccc([N+](=O)[O-])c1. The van der Waals surface area contributed by atoms with E-state index in [1.54, 1.807) is 30.3 Å². The number of aromatic nitrogens is 2. The van der Waals surface area contributed by atoms with Gasteiger partial charge in [0.25, 0.3) is 11.2 Å². The number of unbranched alkanes of at least 4 members (excludes halogenated alkanes) is 1. The van der Waals surface area contributed by atoms with Gasteiger partial charge in [-0.3, -0.25) is 25.0 Å². The van der Waals surface area contributed by atoms with Gasteiger partial charge in [0.15, 0.2) is 0 Å². The molecule has 0 fully saturated rings. The van der Waals surface area contributed by atoms with E-state index in [4.69, 9.17) is 4.74 Å². The molecular formula is C26H22BrN5O6. The quantitative estimate of drug-likeness (QED) is 0.131. The lowest BCUT2D eigenvalue weighted by Gasteiger charge is -2.11. The zero-order chi connectivity index (χ0) is 27.2. The number of rotatable bonds is 10. The molecule has 0 unspecified atom stereocenters. The number of hydrogen-bond donors (Lipinski definition) is 0. The summed E-state index contributed by atoms with van der Waals surface area (Å²) in [5.74, 6) is 0.389. The highest BCUT2D eigenvalue weighted by molar-refractivity contribution is 9.10. The Morgan fingerprint density at radius 2 is 1.87 bits per heavy atom. The molecule has 1 aromatic heterocycles. The predicted molar refractivity (Wildman–Crippen MR) is 146 cm³/mol. The highest BCUT2D eigenvalue weighted by Crippen LogP contribution is 2.31. The standard InChI is InChI=1S/C26H22BrN5O6/c1-2-3-10-24-29-22-12-11-19(27)14-21(22)26(33)30(24)28-15-18-7-5-9-23(32(36)37)25(18)38-16-17-6-4-8-20(13-17)31(34)35/h4-9,11-15H,2-3,10,16H2,1H3. The summed E-state index contributed by atoms with van der Waals surface area (Å²) in [7, 11) is 0. The molecule has 38 heavy (non-hydrogen) atoms. The fraction of sp³-hybridized carbons (Fsp3) is 0.192. The van der Waals surface area contributed by atoms with E-state index in [1.165, 1.54) is 41.2 Å². The van der Waals surface area contributed by atoms with Gasteiger partial charge in [-0.2, -0.15) is 9.78 Å². The first-order valence-corrected chi connectivity index (χ1v) is 12.5. The van der Waals surface area contributed by atoms with Gasteiger partial charge in [0, 0.05) is 34.7 Å². The minimum absolute atomic E-state index is 0.0765. The smallest absolute Gasteiger partial charge is 0.311 e. The van der Waals surface area contributed by atoms with Gasteiger partial charge in [0.1, 0.15) is 12.4 Å². The number of fused-ring (bicyclic) bond motifs is 1. The first-order valence-electron chi connectivity index (χ1n) is 11.7. The van der Waals surface area contributed by atoms with Gasteiger partial charge in [-0.15, -0.1) is 0 Å². The molecule has 0 amide bonds. The van der Waals surface area contributed by atoms with Gasteiger partial charge in [0.05, 0.1) is 27.0 Å². The van der Waals surface area contributed by atoms with Crippen molar-refractivity contribution in [2.45, 2.75) is 32.8 Å². The van der Waals surface area contributed by atoms with Crippen LogP contribution in [-0.2, 0) is 13.0 Å². The maximum atomic E-state index is 13.3. The van der Waals surface area contributed by atoms with Crippen LogP contribution in [0.15, 0.2) is 75.0 Å². The van der Waals surface area contributed by atoms with Crippen molar-refractivity contribution in [2.75, 3.05) is 0 Å². The molecule has 0 spiro atoms. The molecule has 0 radical (unpaired) electrons. The number of nitrogens with zero attached hydrogens (tertiary/aromatic N) is 5. The Balaban J connectivity index is 1.76. The summed E-state index contributed by atoms with van der Waals surface area (Å²) in [6.07, 6.45) is 3.51. The molecule has 0 aliphatic rings. The number of halogens is 1. The van der Waals surface area contributed by atoms with Crippen LogP contribution in [0.5, 0.6) is 5.75 Å². The third-order valence-electron chi connectivity index (χ3n) is 5.67. The van der Waals surface area contributed by atoms with E-state index in [1.807, 2.05) is 6.92 Å². The van der Waals surface area contributed by atoms with Crippen molar-refractivity contribution in [3.05, 3.63) is 113 Å². The Morgan fingerprint density at radius 1 is 1.08 bits per heavy atom. The molecule has 4 aromatic rings. The Labute approximate surface area is 224 Å². The summed E-state index contributed by atoms with van der Waals surface area (Å²) in [4.78, 5) is 39.7. The van der Waals surface area contributed by atoms with Crippen molar-refractivity contribution in [3.8, 4) is 5.75 Å². The summed E-state index contributed by atoms with van der Waals surface area (Å²) in [6.45, 7) is 1.87. The Kier molecular flexibility index (Phi) is 8.22. The fourth-order valence-corrected chi connectivity index (χ4v) is 4.15. The van der Waals surface area contributed by atoms with Crippen LogP contribution in [0.25, 0.3) is 10.9 Å². The summed E-state index contributed by atoms with van der Waals surface area (Å²) in [6, 6.07) is 15.4. The lowest BCUT2D eigenvalue weighted by atomic mass is 10.1. The summed E-state index contributed by atoms with van der Waals surface area (Å²) >= 11 is 3.38. The molecule has 0 saturated carbocycles. The van der Waals surface area contributed by atoms with Gasteiger partial charge >= 0.3 is 5.69 Å². The van der Waals surface area contributed by atoms with Crippen molar-refractivity contribution in [1.29, 1.82) is 0 Å². The molecule has 0 aliphatic carbocycles. The molecule has 0 N–H and O–H groups in total. The molecule has 0 bridgehead atoms. The predicted octanol–water partition coefficient (Wildman–Crippen LogP) is 5.78. The number of para-hydroxylation sites is 1. The highest BCUT2D eigenvalue weighted by atomic mass is 79.9. The van der Waals surface area contributed by atoms with Crippen LogP contribution >= 0.6 is 15.9 Å². The molecule has 0 saturated heterocycles. The van der Waals surface area contributed by atoms with E-state index < -0.39 is 9.85 Å². The van der Waals surface area contributed by atoms with Crippen LogP contribution in [0, 0.1) is 20.2 Å². The molecule has 4 rings (SSSR count). The van der Waals surface area contributed by atoms with Crippen molar-refractivity contribution >= 4 is 44.4 Å². The second-order valence-corrected chi connectivity index (χ2v) is 9.24. The maximum Gasteiger partial charge on any atom is 0.311 e. The molecule has 0 aliphatic heterocycles. The van der Waals surface area contributed by atoms with Crippen LogP contribution < -0.4 is 10.3 Å². The maximum absolute atomic E-state index is 13.3. The van der Waals surface area contributed by atoms with E-state index in [0.717, 1.165) is 17.3 Å². The lowest BCUT2D eigenvalue weighted by molar-refractivity contribution is -0.386. The minimum atomic E-state index is -0.589. The first kappa shape index (κ1) is 26.6. The van der Waals surface area contributed by atoms with Crippen molar-refractivity contribution < 1.29 is 14.6 Å². The Hall–Kier alpha value is -4.45. The lowest BCUT2D eigenvalue weighted by Crippen LogP contribution is -2.22. The van der Waals surface area contributed by atoms with E-state index in [9.17, 15) is 25.0 Å². The largest absolute Gasteiger partial charge is 0.481 e. The van der Waals surface area contributed by atoms with E-state index in [0.29, 0.717) is 28.7 Å². The molecule has 194 valence electrons. The molecule has 1 heterocycles. The Bertz CT molecular complexity index is 1620. The van der Waals surface area contributed by atoms with Crippen LogP contribution in [0.3, 0.4) is 0 Å². The average molecular weight is 580 g/mol. The van der Waals surface area contributed by atoms with E-state index in [-0.39, 0.29) is 34.9 Å². The van der Waals surface area contributed by atoms with Crippen LogP contribution in [0.4, 0.5) is 11.4 Å². The van der Waals surface area contributed by atoms with Crippen LogP contribution in [0.2, 0.25) is 0 Å². The topological polar surface area (TPSA) is 143 Å². The van der Waals surface area contributed by atoms with Crippen LogP contribution in [-0.4, -0.2) is 25.7 Å². The van der Waals surface area contributed by atoms with Gasteiger partial charge in [-0.25, -0.2) is 4.98 Å². The number of nitro benzene ring substituents is 2. The van der Waals surface area contributed by atoms with Crippen LogP contribution in [0.1, 0.15) is 36.7 Å². The fourth-order valence-electron chi connectivity index (χ4n) is 3.79. The van der Waals surface area contributed by atoms with Gasteiger partial charge in [-0.05, 0) is 36.2 Å². The van der Waals surface area contributed by atoms with E-state index >= 15 is 0 Å². The van der Waals surface area contributed by atoms with Crippen molar-refractivity contribution in [2.24, 2.45) is 5.10 Å². The summed E-state index contributed by atoms with van der Waals surface area (Å²) in [5, 5.41) is 27.6. The summed E-state index contributed by atoms with van der Waals surface area (Å²) < 4.78 is 7.71. The number of non-ortho nitro benzene ring substituents is 1.